The van der Waals surface area contributed by atoms with Gasteiger partial charge in [-0.2, -0.15) is 5.10 Å². The van der Waals surface area contributed by atoms with Crippen LogP contribution in [0.25, 0.3) is 0 Å². The Labute approximate surface area is 161 Å². The highest BCUT2D eigenvalue weighted by atomic mass is 35.5. The molecule has 0 amide bonds. The molecule has 0 spiro atoms. The van der Waals surface area contributed by atoms with Crippen LogP contribution in [0, 0.1) is 0 Å². The average Bonchev–Trinajstić information content (AvgIpc) is 2.62. The molecule has 2 rings (SSSR count). The molecule has 0 bridgehead atoms. The molecule has 2 N–H and O–H groups in total. The van der Waals surface area contributed by atoms with Crippen LogP contribution in [-0.4, -0.2) is 25.5 Å². The zero-order valence-electron chi connectivity index (χ0n) is 13.7. The molecule has 2 aromatic carbocycles. The molecule has 25 heavy (non-hydrogen) atoms. The standard InChI is InChI=1S/C17H17Cl2N3O2S/c1-20-17(25)22-21-9-11-4-6-15(16(8-11)23-2)24-10-12-3-5-13(18)14(19)7-12/h3-9H,10H2,1-2H3,(H2,20,22,25). The minimum atomic E-state index is 0.346. The topological polar surface area (TPSA) is 54.9 Å². The molecule has 0 fully saturated rings. The number of rotatable bonds is 6. The monoisotopic (exact) mass is 397 g/mol. The van der Waals surface area contributed by atoms with E-state index >= 15 is 0 Å². The predicted molar refractivity (Wildman–Crippen MR) is 106 cm³/mol. The molecule has 132 valence electrons. The van der Waals surface area contributed by atoms with Gasteiger partial charge >= 0.3 is 0 Å². The first-order valence-corrected chi connectivity index (χ1v) is 8.45. The van der Waals surface area contributed by atoms with Gasteiger partial charge in [-0.3, -0.25) is 5.43 Å². The molecule has 0 saturated carbocycles. The summed E-state index contributed by atoms with van der Waals surface area (Å²) in [5.41, 5.74) is 4.43. The van der Waals surface area contributed by atoms with E-state index in [4.69, 9.17) is 44.9 Å². The molecule has 0 aliphatic heterocycles. The van der Waals surface area contributed by atoms with E-state index in [0.29, 0.717) is 33.3 Å². The van der Waals surface area contributed by atoms with Crippen molar-refractivity contribution in [1.82, 2.24) is 10.7 Å². The van der Waals surface area contributed by atoms with Crippen molar-refractivity contribution in [2.45, 2.75) is 6.61 Å². The second-order valence-electron chi connectivity index (χ2n) is 4.90. The molecule has 0 aromatic heterocycles. The number of nitrogens with one attached hydrogen (secondary N) is 2. The first-order chi connectivity index (χ1) is 12.0. The lowest BCUT2D eigenvalue weighted by Crippen LogP contribution is -2.28. The molecular weight excluding hydrogens is 381 g/mol. The van der Waals surface area contributed by atoms with E-state index in [1.165, 1.54) is 0 Å². The van der Waals surface area contributed by atoms with Crippen molar-refractivity contribution in [3.8, 4) is 11.5 Å². The van der Waals surface area contributed by atoms with Gasteiger partial charge in [0.2, 0.25) is 0 Å². The van der Waals surface area contributed by atoms with Crippen LogP contribution >= 0.6 is 35.4 Å². The summed E-state index contributed by atoms with van der Waals surface area (Å²) in [5, 5.41) is 8.23. The Bertz CT molecular complexity index is 784. The number of ether oxygens (including phenoxy) is 2. The van der Waals surface area contributed by atoms with Crippen LogP contribution in [0.3, 0.4) is 0 Å². The Kier molecular flexibility index (Phi) is 7.31. The van der Waals surface area contributed by atoms with Gasteiger partial charge in [-0.25, -0.2) is 0 Å². The number of halogens is 2. The molecule has 0 aliphatic carbocycles. The molecule has 0 radical (unpaired) electrons. The Morgan fingerprint density at radius 1 is 1.16 bits per heavy atom. The number of thiocarbonyl (C=S) groups is 1. The highest BCUT2D eigenvalue weighted by molar-refractivity contribution is 7.80. The van der Waals surface area contributed by atoms with Gasteiger partial charge in [-0.05, 0) is 53.7 Å². The van der Waals surface area contributed by atoms with Gasteiger partial charge in [-0.1, -0.05) is 29.3 Å². The summed E-state index contributed by atoms with van der Waals surface area (Å²) < 4.78 is 11.2. The smallest absolute Gasteiger partial charge is 0.186 e. The molecular formula is C17H17Cl2N3O2S. The van der Waals surface area contributed by atoms with Gasteiger partial charge in [0.05, 0.1) is 23.4 Å². The number of hydrazone groups is 1. The third kappa shape index (κ3) is 5.77. The summed E-state index contributed by atoms with van der Waals surface area (Å²) in [6, 6.07) is 10.9. The van der Waals surface area contributed by atoms with Crippen LogP contribution in [0.5, 0.6) is 11.5 Å². The second-order valence-corrected chi connectivity index (χ2v) is 6.12. The van der Waals surface area contributed by atoms with Crippen LogP contribution in [0.15, 0.2) is 41.5 Å². The second kappa shape index (κ2) is 9.46. The zero-order chi connectivity index (χ0) is 18.2. The first-order valence-electron chi connectivity index (χ1n) is 7.29. The lowest BCUT2D eigenvalue weighted by molar-refractivity contribution is 0.284. The van der Waals surface area contributed by atoms with Crippen molar-refractivity contribution in [3.63, 3.8) is 0 Å². The summed E-state index contributed by atoms with van der Waals surface area (Å²) in [6.07, 6.45) is 1.63. The number of methoxy groups -OCH3 is 1. The summed E-state index contributed by atoms with van der Waals surface area (Å²) in [7, 11) is 3.30. The van der Waals surface area contributed by atoms with Crippen molar-refractivity contribution in [1.29, 1.82) is 0 Å². The fourth-order valence-electron chi connectivity index (χ4n) is 1.90. The van der Waals surface area contributed by atoms with Crippen molar-refractivity contribution in [2.24, 2.45) is 5.10 Å². The van der Waals surface area contributed by atoms with Gasteiger partial charge in [0.15, 0.2) is 16.6 Å². The van der Waals surface area contributed by atoms with Crippen LogP contribution in [0.2, 0.25) is 10.0 Å². The zero-order valence-corrected chi connectivity index (χ0v) is 16.0. The lowest BCUT2D eigenvalue weighted by Gasteiger charge is -2.12. The van der Waals surface area contributed by atoms with Gasteiger partial charge in [0.1, 0.15) is 6.61 Å². The molecule has 0 atom stereocenters. The molecule has 0 saturated heterocycles. The highest BCUT2D eigenvalue weighted by Gasteiger charge is 2.07. The van der Waals surface area contributed by atoms with E-state index in [-0.39, 0.29) is 0 Å². The van der Waals surface area contributed by atoms with E-state index < -0.39 is 0 Å². The minimum absolute atomic E-state index is 0.346. The Morgan fingerprint density at radius 3 is 2.64 bits per heavy atom. The normalized spacial score (nSPS) is 10.6. The maximum atomic E-state index is 6.01. The summed E-state index contributed by atoms with van der Waals surface area (Å²) in [6.45, 7) is 0.346. The van der Waals surface area contributed by atoms with Gasteiger partial charge in [0, 0.05) is 7.05 Å². The molecule has 0 aliphatic rings. The maximum absolute atomic E-state index is 6.01. The highest BCUT2D eigenvalue weighted by Crippen LogP contribution is 2.29. The Balaban J connectivity index is 2.05. The van der Waals surface area contributed by atoms with E-state index in [1.54, 1.807) is 32.5 Å². The summed E-state index contributed by atoms with van der Waals surface area (Å²) in [5.74, 6) is 1.21. The average molecular weight is 398 g/mol. The minimum Gasteiger partial charge on any atom is -0.493 e. The van der Waals surface area contributed by atoms with E-state index in [1.807, 2.05) is 24.3 Å². The van der Waals surface area contributed by atoms with Crippen LogP contribution < -0.4 is 20.2 Å². The largest absolute Gasteiger partial charge is 0.493 e. The maximum Gasteiger partial charge on any atom is 0.186 e. The van der Waals surface area contributed by atoms with Gasteiger partial charge in [0.25, 0.3) is 0 Å². The quantitative estimate of drug-likeness (QED) is 0.438. The van der Waals surface area contributed by atoms with Crippen molar-refractivity contribution in [2.75, 3.05) is 14.2 Å². The third-order valence-corrected chi connectivity index (χ3v) is 4.21. The fraction of sp³-hybridized carbons (Fsp3) is 0.176. The number of benzene rings is 2. The van der Waals surface area contributed by atoms with Crippen LogP contribution in [-0.2, 0) is 6.61 Å². The molecule has 2 aromatic rings. The summed E-state index contributed by atoms with van der Waals surface area (Å²) >= 11 is 16.9. The number of nitrogens with zero attached hydrogens (tertiary/aromatic N) is 1. The Morgan fingerprint density at radius 2 is 1.96 bits per heavy atom. The van der Waals surface area contributed by atoms with E-state index in [0.717, 1.165) is 11.1 Å². The van der Waals surface area contributed by atoms with Crippen molar-refractivity contribution in [3.05, 3.63) is 57.6 Å². The predicted octanol–water partition coefficient (Wildman–Crippen LogP) is 4.01. The van der Waals surface area contributed by atoms with Crippen molar-refractivity contribution < 1.29 is 9.47 Å². The Hall–Kier alpha value is -2.02. The van der Waals surface area contributed by atoms with Crippen LogP contribution in [0.4, 0.5) is 0 Å². The van der Waals surface area contributed by atoms with E-state index in [2.05, 4.69) is 15.8 Å². The lowest BCUT2D eigenvalue weighted by atomic mass is 10.2. The molecule has 0 unspecified atom stereocenters. The third-order valence-electron chi connectivity index (χ3n) is 3.17. The fourth-order valence-corrected chi connectivity index (χ4v) is 2.27. The molecule has 5 nitrogen and oxygen atoms in total. The van der Waals surface area contributed by atoms with Crippen molar-refractivity contribution >= 4 is 46.7 Å². The first kappa shape index (κ1) is 19.3. The van der Waals surface area contributed by atoms with Gasteiger partial charge < -0.3 is 14.8 Å². The van der Waals surface area contributed by atoms with Gasteiger partial charge in [-0.15, -0.1) is 0 Å². The molecule has 8 heteroatoms. The van der Waals surface area contributed by atoms with Crippen LogP contribution in [0.1, 0.15) is 11.1 Å². The summed E-state index contributed by atoms with van der Waals surface area (Å²) in [4.78, 5) is 0. The SMILES string of the molecule is CNC(=S)NN=Cc1ccc(OCc2ccc(Cl)c(Cl)c2)c(OC)c1. The van der Waals surface area contributed by atoms with E-state index in [9.17, 15) is 0 Å². The number of hydrogen-bond acceptors (Lipinski definition) is 4. The number of hydrogen-bond donors (Lipinski definition) is 2. The molecule has 0 heterocycles.